The fourth-order valence-electron chi connectivity index (χ4n) is 0.904. The van der Waals surface area contributed by atoms with Gasteiger partial charge in [0.05, 0.1) is 5.88 Å². The van der Waals surface area contributed by atoms with Crippen LogP contribution in [-0.4, -0.2) is 19.9 Å². The molecule has 0 aliphatic heterocycles. The molecule has 0 aliphatic rings. The molecule has 0 atom stereocenters. The van der Waals surface area contributed by atoms with E-state index < -0.39 is 0 Å². The number of anilines is 2. The number of aromatic nitrogens is 4. The van der Waals surface area contributed by atoms with Crippen LogP contribution in [0.4, 0.5) is 11.9 Å². The maximum Gasteiger partial charge on any atom is 0.219 e. The van der Waals surface area contributed by atoms with Gasteiger partial charge in [-0.25, -0.2) is 19.9 Å². The Hall–Kier alpha value is -1.99. The molecule has 0 amide bonds. The van der Waals surface area contributed by atoms with Crippen LogP contribution in [-0.2, 0) is 12.4 Å². The highest BCUT2D eigenvalue weighted by Gasteiger charge is 1.89. The van der Waals surface area contributed by atoms with E-state index in [1.807, 2.05) is 0 Å². The molecule has 0 bridgehead atoms. The number of nitrogens with zero attached hydrogens (tertiary/aromatic N) is 4. The monoisotopic (exact) mass is 283 g/mol. The average Bonchev–Trinajstić information content (AvgIpc) is 2.41. The lowest BCUT2D eigenvalue weighted by Gasteiger charge is -1.92. The van der Waals surface area contributed by atoms with Crippen molar-refractivity contribution in [1.82, 2.24) is 19.9 Å². The summed E-state index contributed by atoms with van der Waals surface area (Å²) < 4.78 is 0. The van der Waals surface area contributed by atoms with E-state index in [0.717, 1.165) is 11.1 Å². The largest absolute Gasteiger partial charge is 0.368 e. The summed E-state index contributed by atoms with van der Waals surface area (Å²) in [4.78, 5) is 14.9. The summed E-state index contributed by atoms with van der Waals surface area (Å²) in [5.74, 6) is 0.997. The maximum absolute atomic E-state index is 5.46. The minimum Gasteiger partial charge on any atom is -0.368 e. The molecule has 0 radical (unpaired) electrons. The zero-order chi connectivity index (χ0) is 13.4. The molecule has 104 valence electrons. The first-order chi connectivity index (χ1) is 8.65. The smallest absolute Gasteiger partial charge is 0.219 e. The van der Waals surface area contributed by atoms with Gasteiger partial charge in [0, 0.05) is 42.5 Å². The van der Waals surface area contributed by atoms with Crippen LogP contribution < -0.4 is 17.2 Å². The number of hydrogen-bond donors (Lipinski definition) is 3. The first kappa shape index (κ1) is 17.0. The third-order valence-corrected chi connectivity index (χ3v) is 2.15. The molecule has 2 heterocycles. The molecule has 8 heteroatoms. The van der Waals surface area contributed by atoms with Crippen LogP contribution in [0.5, 0.6) is 0 Å². The maximum atomic E-state index is 5.46. The van der Waals surface area contributed by atoms with Crippen molar-refractivity contribution in [2.45, 2.75) is 19.9 Å². The Morgan fingerprint density at radius 1 is 0.842 bits per heavy atom. The Labute approximate surface area is 117 Å². The van der Waals surface area contributed by atoms with Gasteiger partial charge in [-0.15, -0.1) is 11.6 Å². The van der Waals surface area contributed by atoms with E-state index >= 15 is 0 Å². The molecule has 7 nitrogen and oxygen atoms in total. The van der Waals surface area contributed by atoms with Gasteiger partial charge in [-0.1, -0.05) is 7.43 Å². The molecular weight excluding hydrogens is 266 g/mol. The van der Waals surface area contributed by atoms with Crippen molar-refractivity contribution in [2.24, 2.45) is 5.73 Å². The SMILES string of the molecule is C.NCc1cnc(N)nc1.Nc1ncc(CCl)cn1. The Morgan fingerprint density at radius 2 is 1.21 bits per heavy atom. The van der Waals surface area contributed by atoms with Gasteiger partial charge in [-0.2, -0.15) is 0 Å². The van der Waals surface area contributed by atoms with Crippen LogP contribution >= 0.6 is 11.6 Å². The molecule has 19 heavy (non-hydrogen) atoms. The number of hydrogen-bond acceptors (Lipinski definition) is 7. The Bertz CT molecular complexity index is 412. The summed E-state index contributed by atoms with van der Waals surface area (Å²) >= 11 is 5.46. The van der Waals surface area contributed by atoms with Gasteiger partial charge in [-0.05, 0) is 0 Å². The summed E-state index contributed by atoms with van der Waals surface area (Å²) in [7, 11) is 0. The van der Waals surface area contributed by atoms with Crippen LogP contribution in [0.3, 0.4) is 0 Å². The van der Waals surface area contributed by atoms with E-state index in [2.05, 4.69) is 19.9 Å². The summed E-state index contributed by atoms with van der Waals surface area (Å²) in [5, 5.41) is 0. The van der Waals surface area contributed by atoms with E-state index in [1.54, 1.807) is 24.8 Å². The molecular formula is C11H18ClN7. The first-order valence-electron chi connectivity index (χ1n) is 5.04. The van der Waals surface area contributed by atoms with Crippen molar-refractivity contribution in [3.63, 3.8) is 0 Å². The van der Waals surface area contributed by atoms with E-state index in [9.17, 15) is 0 Å². The number of rotatable bonds is 2. The molecule has 2 aromatic heterocycles. The molecule has 0 spiro atoms. The van der Waals surface area contributed by atoms with Crippen LogP contribution in [0.15, 0.2) is 24.8 Å². The van der Waals surface area contributed by atoms with Gasteiger partial charge in [-0.3, -0.25) is 0 Å². The molecule has 0 saturated heterocycles. The van der Waals surface area contributed by atoms with Gasteiger partial charge in [0.2, 0.25) is 11.9 Å². The minimum absolute atomic E-state index is 0. The summed E-state index contributed by atoms with van der Waals surface area (Å²) in [6.07, 6.45) is 6.44. The number of nitrogens with two attached hydrogens (primary N) is 3. The van der Waals surface area contributed by atoms with Gasteiger partial charge in [0.15, 0.2) is 0 Å². The lowest BCUT2D eigenvalue weighted by atomic mass is 10.3. The van der Waals surface area contributed by atoms with Crippen molar-refractivity contribution in [1.29, 1.82) is 0 Å². The molecule has 6 N–H and O–H groups in total. The molecule has 0 saturated carbocycles. The quantitative estimate of drug-likeness (QED) is 0.700. The van der Waals surface area contributed by atoms with E-state index in [1.165, 1.54) is 0 Å². The number of alkyl halides is 1. The second-order valence-corrected chi connectivity index (χ2v) is 3.50. The number of nitrogen functional groups attached to an aromatic ring is 2. The highest BCUT2D eigenvalue weighted by molar-refractivity contribution is 6.17. The minimum atomic E-state index is 0. The fourth-order valence-corrected chi connectivity index (χ4v) is 1.04. The van der Waals surface area contributed by atoms with Gasteiger partial charge < -0.3 is 17.2 Å². The Morgan fingerprint density at radius 3 is 1.53 bits per heavy atom. The fraction of sp³-hybridized carbons (Fsp3) is 0.273. The summed E-state index contributed by atoms with van der Waals surface area (Å²) in [5.41, 5.74) is 17.5. The zero-order valence-corrected chi connectivity index (χ0v) is 10.4. The lowest BCUT2D eigenvalue weighted by molar-refractivity contribution is 1.01. The van der Waals surface area contributed by atoms with Gasteiger partial charge in [0.25, 0.3) is 0 Å². The normalized spacial score (nSPS) is 8.95. The van der Waals surface area contributed by atoms with Gasteiger partial charge >= 0.3 is 0 Å². The van der Waals surface area contributed by atoms with Crippen LogP contribution in [0.2, 0.25) is 0 Å². The molecule has 0 aliphatic carbocycles. The highest BCUT2D eigenvalue weighted by Crippen LogP contribution is 1.99. The zero-order valence-electron chi connectivity index (χ0n) is 9.62. The molecule has 2 rings (SSSR count). The Balaban J connectivity index is 0.000000324. The van der Waals surface area contributed by atoms with Crippen molar-refractivity contribution in [2.75, 3.05) is 11.5 Å². The van der Waals surface area contributed by atoms with Gasteiger partial charge in [0.1, 0.15) is 0 Å². The van der Waals surface area contributed by atoms with Crippen molar-refractivity contribution in [3.8, 4) is 0 Å². The highest BCUT2D eigenvalue weighted by atomic mass is 35.5. The third kappa shape index (κ3) is 6.49. The standard InChI is InChI=1S/C5H6ClN3.C5H8N4.CH4/c2*6-1-4-2-8-5(7)9-3-4;/h2-3H,1H2,(H2,7,8,9);2-3H,1,6H2,(H2,7,8,9);1H4. The van der Waals surface area contributed by atoms with E-state index in [4.69, 9.17) is 28.8 Å². The van der Waals surface area contributed by atoms with E-state index in [-0.39, 0.29) is 19.3 Å². The second-order valence-electron chi connectivity index (χ2n) is 3.24. The van der Waals surface area contributed by atoms with Crippen molar-refractivity contribution in [3.05, 3.63) is 35.9 Å². The molecule has 0 unspecified atom stereocenters. The predicted molar refractivity (Wildman–Crippen MR) is 77.1 cm³/mol. The topological polar surface area (TPSA) is 130 Å². The average molecular weight is 284 g/mol. The van der Waals surface area contributed by atoms with Crippen LogP contribution in [0.1, 0.15) is 18.6 Å². The molecule has 0 aromatic carbocycles. The van der Waals surface area contributed by atoms with Crippen LogP contribution in [0.25, 0.3) is 0 Å². The molecule has 0 fully saturated rings. The van der Waals surface area contributed by atoms with E-state index in [0.29, 0.717) is 12.4 Å². The first-order valence-corrected chi connectivity index (χ1v) is 5.58. The summed E-state index contributed by atoms with van der Waals surface area (Å²) in [6, 6.07) is 0. The summed E-state index contributed by atoms with van der Waals surface area (Å²) in [6.45, 7) is 0.459. The van der Waals surface area contributed by atoms with Crippen molar-refractivity contribution < 1.29 is 0 Å². The van der Waals surface area contributed by atoms with Crippen molar-refractivity contribution >= 4 is 23.5 Å². The Kier molecular flexibility index (Phi) is 8.07. The lowest BCUT2D eigenvalue weighted by Crippen LogP contribution is -2.00. The second kappa shape index (κ2) is 9.01. The predicted octanol–water partition coefficient (Wildman–Crippen LogP) is 0.951. The molecule has 2 aromatic rings. The van der Waals surface area contributed by atoms with Crippen LogP contribution in [0, 0.1) is 0 Å². The third-order valence-electron chi connectivity index (χ3n) is 1.84. The number of halogens is 1.